The summed E-state index contributed by atoms with van der Waals surface area (Å²) in [5, 5.41) is 21.2. The van der Waals surface area contributed by atoms with Gasteiger partial charge >= 0.3 is 0 Å². The highest BCUT2D eigenvalue weighted by atomic mass is 79.9. The zero-order valence-corrected chi connectivity index (χ0v) is 18.2. The molecule has 30 heavy (non-hydrogen) atoms. The van der Waals surface area contributed by atoms with Crippen LogP contribution in [0.25, 0.3) is 11.0 Å². The van der Waals surface area contributed by atoms with Crippen LogP contribution in [0.2, 0.25) is 5.02 Å². The topological polar surface area (TPSA) is 91.0 Å². The Balaban J connectivity index is 1.83. The van der Waals surface area contributed by atoms with Crippen LogP contribution in [-0.2, 0) is 4.79 Å². The number of benzene rings is 2. The van der Waals surface area contributed by atoms with Crippen molar-refractivity contribution in [1.82, 2.24) is 4.90 Å². The van der Waals surface area contributed by atoms with Gasteiger partial charge in [-0.25, -0.2) is 0 Å². The molecule has 1 aliphatic heterocycles. The first-order valence-corrected chi connectivity index (χ1v) is 10.4. The third kappa shape index (κ3) is 3.38. The highest BCUT2D eigenvalue weighted by molar-refractivity contribution is 9.10. The van der Waals surface area contributed by atoms with Gasteiger partial charge in [0.2, 0.25) is 5.78 Å². The molecule has 3 aromatic rings. The maximum Gasteiger partial charge on any atom is 0.290 e. The maximum atomic E-state index is 13.4. The van der Waals surface area contributed by atoms with E-state index in [-0.39, 0.29) is 22.1 Å². The van der Waals surface area contributed by atoms with Crippen molar-refractivity contribution in [2.45, 2.75) is 19.4 Å². The summed E-state index contributed by atoms with van der Waals surface area (Å²) in [4.78, 5) is 27.5. The molecule has 8 heteroatoms. The first kappa shape index (κ1) is 20.5. The summed E-state index contributed by atoms with van der Waals surface area (Å²) in [6.45, 7) is 2.22. The summed E-state index contributed by atoms with van der Waals surface area (Å²) in [5.41, 5.74) is 0.944. The fraction of sp³-hybridized carbons (Fsp3) is 0.182. The zero-order chi connectivity index (χ0) is 21.6. The standard InChI is InChI=1S/C22H17BrClNO5/c1-2-7-25-19(11-3-5-15(26)14(24)9-11)18(21(28)22(25)29)20(27)17-10-12-8-13(23)4-6-16(12)30-17/h3-6,8-10,19,26,28H,2,7H2,1H3. The van der Waals surface area contributed by atoms with Crippen molar-refractivity contribution in [3.8, 4) is 5.75 Å². The second-order valence-corrected chi connectivity index (χ2v) is 8.32. The van der Waals surface area contributed by atoms with Crippen molar-refractivity contribution in [2.24, 2.45) is 0 Å². The Morgan fingerprint density at radius 1 is 1.20 bits per heavy atom. The van der Waals surface area contributed by atoms with Gasteiger partial charge in [0.1, 0.15) is 11.3 Å². The van der Waals surface area contributed by atoms with Crippen molar-refractivity contribution >= 4 is 50.2 Å². The Morgan fingerprint density at radius 2 is 1.97 bits per heavy atom. The number of fused-ring (bicyclic) bond motifs is 1. The third-order valence-corrected chi connectivity index (χ3v) is 5.80. The number of ketones is 1. The molecule has 1 amide bonds. The van der Waals surface area contributed by atoms with Gasteiger partial charge in [-0.3, -0.25) is 9.59 Å². The van der Waals surface area contributed by atoms with E-state index in [2.05, 4.69) is 15.9 Å². The van der Waals surface area contributed by atoms with Crippen LogP contribution in [0.15, 0.2) is 62.7 Å². The molecule has 1 atom stereocenters. The molecule has 0 radical (unpaired) electrons. The molecule has 2 N–H and O–H groups in total. The molecule has 0 saturated heterocycles. The minimum Gasteiger partial charge on any atom is -0.506 e. The minimum atomic E-state index is -0.844. The Morgan fingerprint density at radius 3 is 2.67 bits per heavy atom. The van der Waals surface area contributed by atoms with Gasteiger partial charge in [-0.1, -0.05) is 40.5 Å². The highest BCUT2D eigenvalue weighted by Gasteiger charge is 2.44. The van der Waals surface area contributed by atoms with Crippen LogP contribution in [0.1, 0.15) is 35.5 Å². The molecule has 0 bridgehead atoms. The van der Waals surface area contributed by atoms with E-state index in [0.717, 1.165) is 4.47 Å². The Hall–Kier alpha value is -2.77. The van der Waals surface area contributed by atoms with Crippen molar-refractivity contribution in [2.75, 3.05) is 6.54 Å². The number of hydrogen-bond acceptors (Lipinski definition) is 5. The summed E-state index contributed by atoms with van der Waals surface area (Å²) in [6.07, 6.45) is 0.626. The van der Waals surface area contributed by atoms with Crippen LogP contribution in [0.5, 0.6) is 5.75 Å². The van der Waals surface area contributed by atoms with E-state index in [9.17, 15) is 19.8 Å². The van der Waals surface area contributed by atoms with E-state index in [0.29, 0.717) is 29.5 Å². The lowest BCUT2D eigenvalue weighted by Crippen LogP contribution is -2.31. The molecule has 1 aromatic heterocycles. The van der Waals surface area contributed by atoms with Gasteiger partial charge in [0.15, 0.2) is 11.5 Å². The van der Waals surface area contributed by atoms with Gasteiger partial charge in [0, 0.05) is 16.4 Å². The first-order chi connectivity index (χ1) is 14.3. The van der Waals surface area contributed by atoms with Crippen LogP contribution >= 0.6 is 27.5 Å². The fourth-order valence-corrected chi connectivity index (χ4v) is 4.22. The van der Waals surface area contributed by atoms with Gasteiger partial charge < -0.3 is 19.5 Å². The van der Waals surface area contributed by atoms with Crippen LogP contribution in [0, 0.1) is 0 Å². The van der Waals surface area contributed by atoms with Crippen molar-refractivity contribution in [3.63, 3.8) is 0 Å². The van der Waals surface area contributed by atoms with Crippen molar-refractivity contribution in [1.29, 1.82) is 0 Å². The molecule has 0 saturated carbocycles. The van der Waals surface area contributed by atoms with E-state index >= 15 is 0 Å². The monoisotopic (exact) mass is 489 g/mol. The predicted octanol–water partition coefficient (Wildman–Crippen LogP) is 5.54. The average Bonchev–Trinajstić information content (AvgIpc) is 3.24. The maximum absolute atomic E-state index is 13.4. The molecular weight excluding hydrogens is 474 g/mol. The summed E-state index contributed by atoms with van der Waals surface area (Å²) < 4.78 is 6.52. The van der Waals surface area contributed by atoms with Crippen molar-refractivity contribution in [3.05, 3.63) is 74.6 Å². The molecule has 154 valence electrons. The highest BCUT2D eigenvalue weighted by Crippen LogP contribution is 2.41. The molecule has 2 heterocycles. The number of carbonyl (C=O) groups excluding carboxylic acids is 2. The Labute approximate surface area is 185 Å². The van der Waals surface area contributed by atoms with Crippen molar-refractivity contribution < 1.29 is 24.2 Å². The number of hydrogen-bond donors (Lipinski definition) is 2. The SMILES string of the molecule is CCCN1C(=O)C(O)=C(C(=O)c2cc3cc(Br)ccc3o2)C1c1ccc(O)c(Cl)c1. The molecule has 2 aromatic carbocycles. The predicted molar refractivity (Wildman–Crippen MR) is 116 cm³/mol. The number of Topliss-reactive ketones (excluding diaryl/α,β-unsaturated/α-hetero) is 1. The molecule has 0 spiro atoms. The number of rotatable bonds is 5. The van der Waals surface area contributed by atoms with E-state index in [4.69, 9.17) is 16.0 Å². The number of carbonyl (C=O) groups is 2. The Bertz CT molecular complexity index is 1220. The minimum absolute atomic E-state index is 0.0191. The largest absolute Gasteiger partial charge is 0.506 e. The molecular formula is C22H17BrClNO5. The van der Waals surface area contributed by atoms with Gasteiger partial charge in [0.25, 0.3) is 5.91 Å². The number of aliphatic hydroxyl groups is 1. The number of phenolic OH excluding ortho intramolecular Hbond substituents is 1. The van der Waals surface area contributed by atoms with E-state index < -0.39 is 23.5 Å². The molecule has 4 rings (SSSR count). The summed E-state index contributed by atoms with van der Waals surface area (Å²) >= 11 is 9.44. The van der Waals surface area contributed by atoms with E-state index in [1.54, 1.807) is 24.3 Å². The smallest absolute Gasteiger partial charge is 0.290 e. The fourth-order valence-electron chi connectivity index (χ4n) is 3.66. The number of halogens is 2. The molecule has 0 fully saturated rings. The van der Waals surface area contributed by atoms with Crippen LogP contribution in [-0.4, -0.2) is 33.3 Å². The Kier molecular flexibility index (Phi) is 5.34. The lowest BCUT2D eigenvalue weighted by Gasteiger charge is -2.26. The molecule has 1 unspecified atom stereocenters. The average molecular weight is 491 g/mol. The van der Waals surface area contributed by atoms with Gasteiger partial charge in [0.05, 0.1) is 16.6 Å². The lowest BCUT2D eigenvalue weighted by atomic mass is 9.95. The van der Waals surface area contributed by atoms with E-state index in [1.165, 1.54) is 17.0 Å². The molecule has 1 aliphatic rings. The summed E-state index contributed by atoms with van der Waals surface area (Å²) in [6, 6.07) is 10.5. The van der Waals surface area contributed by atoms with Gasteiger partial charge in [-0.15, -0.1) is 0 Å². The summed E-state index contributed by atoms with van der Waals surface area (Å²) in [5.74, 6) is -1.92. The zero-order valence-electron chi connectivity index (χ0n) is 15.9. The van der Waals surface area contributed by atoms with E-state index in [1.807, 2.05) is 13.0 Å². The number of amides is 1. The number of aromatic hydroxyl groups is 1. The first-order valence-electron chi connectivity index (χ1n) is 9.28. The lowest BCUT2D eigenvalue weighted by molar-refractivity contribution is -0.129. The number of phenols is 1. The summed E-state index contributed by atoms with van der Waals surface area (Å²) in [7, 11) is 0. The number of furan rings is 1. The second-order valence-electron chi connectivity index (χ2n) is 7.00. The third-order valence-electron chi connectivity index (χ3n) is 5.00. The second kappa shape index (κ2) is 7.81. The molecule has 0 aliphatic carbocycles. The van der Waals surface area contributed by atoms with Crippen LogP contribution < -0.4 is 0 Å². The molecule has 6 nitrogen and oxygen atoms in total. The van der Waals surface area contributed by atoms with Gasteiger partial charge in [-0.2, -0.15) is 0 Å². The van der Waals surface area contributed by atoms with Crippen LogP contribution in [0.4, 0.5) is 0 Å². The number of nitrogens with zero attached hydrogens (tertiary/aromatic N) is 1. The number of aliphatic hydroxyl groups excluding tert-OH is 1. The normalized spacial score (nSPS) is 16.7. The van der Waals surface area contributed by atoms with Gasteiger partial charge in [-0.05, 0) is 48.4 Å². The van der Waals surface area contributed by atoms with Crippen LogP contribution in [0.3, 0.4) is 0 Å². The quantitative estimate of drug-likeness (QED) is 0.458.